The molecule has 0 unspecified atom stereocenters. The van der Waals surface area contributed by atoms with Crippen molar-refractivity contribution in [2.45, 2.75) is 46.6 Å². The van der Waals surface area contributed by atoms with Gasteiger partial charge in [0, 0.05) is 0 Å². The topological polar surface area (TPSA) is 26.3 Å². The van der Waals surface area contributed by atoms with Gasteiger partial charge in [0.1, 0.15) is 0 Å². The molecule has 0 aromatic carbocycles. The number of ether oxygens (including phenoxy) is 1. The Morgan fingerprint density at radius 1 is 1.27 bits per heavy atom. The molecule has 0 heterocycles. The van der Waals surface area contributed by atoms with Crippen LogP contribution in [0.25, 0.3) is 0 Å². The molecule has 0 saturated carbocycles. The highest BCUT2D eigenvalue weighted by atomic mass is 16.5. The Morgan fingerprint density at radius 2 is 1.73 bits per heavy atom. The predicted molar refractivity (Wildman–Crippen MR) is 45.3 cm³/mol. The first-order chi connectivity index (χ1) is 5.11. The molecule has 0 N–H and O–H groups in total. The van der Waals surface area contributed by atoms with E-state index in [1.807, 2.05) is 27.7 Å². The zero-order valence-corrected chi connectivity index (χ0v) is 7.89. The van der Waals surface area contributed by atoms with Gasteiger partial charge < -0.3 is 4.74 Å². The molecule has 0 rings (SSSR count). The van der Waals surface area contributed by atoms with Gasteiger partial charge in [-0.15, -0.1) is 0 Å². The van der Waals surface area contributed by atoms with Crippen LogP contribution in [0.1, 0.15) is 40.5 Å². The molecular weight excluding hydrogens is 140 g/mol. The average Bonchev–Trinajstić information content (AvgIpc) is 1.88. The minimum absolute atomic E-state index is 0.0168. The molecule has 66 valence electrons. The Balaban J connectivity index is 3.79. The standard InChI is InChI=1S/C9H18O2/c1-5-8(6-2)9(10)11-7(3)4/h7-8H,5-6H2,1-4H3. The quantitative estimate of drug-likeness (QED) is 0.587. The van der Waals surface area contributed by atoms with Crippen molar-refractivity contribution in [3.05, 3.63) is 0 Å². The highest BCUT2D eigenvalue weighted by Crippen LogP contribution is 2.10. The lowest BCUT2D eigenvalue weighted by molar-refractivity contribution is -0.152. The third kappa shape index (κ3) is 4.02. The Hall–Kier alpha value is -0.530. The minimum atomic E-state index is -0.0509. The van der Waals surface area contributed by atoms with Crippen LogP contribution in [-0.4, -0.2) is 12.1 Å². The van der Waals surface area contributed by atoms with Crippen molar-refractivity contribution in [1.29, 1.82) is 0 Å². The van der Waals surface area contributed by atoms with E-state index in [1.54, 1.807) is 0 Å². The Kier molecular flexibility index (Phi) is 4.92. The van der Waals surface area contributed by atoms with E-state index in [0.29, 0.717) is 0 Å². The van der Waals surface area contributed by atoms with E-state index in [-0.39, 0.29) is 18.0 Å². The minimum Gasteiger partial charge on any atom is -0.463 e. The highest BCUT2D eigenvalue weighted by Gasteiger charge is 2.16. The average molecular weight is 158 g/mol. The number of carbonyl (C=O) groups is 1. The van der Waals surface area contributed by atoms with E-state index < -0.39 is 0 Å². The molecule has 0 aliphatic heterocycles. The van der Waals surface area contributed by atoms with E-state index in [9.17, 15) is 4.79 Å². The van der Waals surface area contributed by atoms with Crippen LogP contribution in [0.15, 0.2) is 0 Å². The van der Waals surface area contributed by atoms with Gasteiger partial charge in [-0.2, -0.15) is 0 Å². The van der Waals surface area contributed by atoms with E-state index in [1.165, 1.54) is 0 Å². The molecule has 0 aromatic rings. The second kappa shape index (κ2) is 5.16. The Morgan fingerprint density at radius 3 is 2.00 bits per heavy atom. The van der Waals surface area contributed by atoms with Crippen LogP contribution in [0.2, 0.25) is 0 Å². The maximum atomic E-state index is 11.2. The number of esters is 1. The van der Waals surface area contributed by atoms with Gasteiger partial charge in [0.25, 0.3) is 0 Å². The molecule has 0 radical (unpaired) electrons. The smallest absolute Gasteiger partial charge is 0.309 e. The molecule has 0 amide bonds. The highest BCUT2D eigenvalue weighted by molar-refractivity contribution is 5.72. The number of carbonyl (C=O) groups excluding carboxylic acids is 1. The fourth-order valence-electron chi connectivity index (χ4n) is 0.951. The second-order valence-electron chi connectivity index (χ2n) is 3.00. The summed E-state index contributed by atoms with van der Waals surface area (Å²) in [6.45, 7) is 7.77. The summed E-state index contributed by atoms with van der Waals surface area (Å²) in [6, 6.07) is 0. The monoisotopic (exact) mass is 158 g/mol. The van der Waals surface area contributed by atoms with Gasteiger partial charge in [0.2, 0.25) is 0 Å². The van der Waals surface area contributed by atoms with Crippen molar-refractivity contribution in [2.24, 2.45) is 5.92 Å². The third-order valence-electron chi connectivity index (χ3n) is 1.67. The summed E-state index contributed by atoms with van der Waals surface area (Å²) in [5.41, 5.74) is 0. The second-order valence-corrected chi connectivity index (χ2v) is 3.00. The van der Waals surface area contributed by atoms with Crippen LogP contribution in [-0.2, 0) is 9.53 Å². The maximum Gasteiger partial charge on any atom is 0.309 e. The normalized spacial score (nSPS) is 10.7. The van der Waals surface area contributed by atoms with E-state index in [0.717, 1.165) is 12.8 Å². The first-order valence-electron chi connectivity index (χ1n) is 4.32. The summed E-state index contributed by atoms with van der Waals surface area (Å²) >= 11 is 0. The van der Waals surface area contributed by atoms with E-state index in [2.05, 4.69) is 0 Å². The van der Waals surface area contributed by atoms with Crippen LogP contribution in [0.3, 0.4) is 0 Å². The molecule has 0 bridgehead atoms. The van der Waals surface area contributed by atoms with Gasteiger partial charge >= 0.3 is 5.97 Å². The molecule has 11 heavy (non-hydrogen) atoms. The molecule has 0 spiro atoms. The van der Waals surface area contributed by atoms with Crippen LogP contribution in [0.4, 0.5) is 0 Å². The molecule has 0 fully saturated rings. The van der Waals surface area contributed by atoms with Crippen molar-refractivity contribution in [3.63, 3.8) is 0 Å². The zero-order chi connectivity index (χ0) is 8.85. The lowest BCUT2D eigenvalue weighted by Gasteiger charge is -2.13. The van der Waals surface area contributed by atoms with Crippen molar-refractivity contribution < 1.29 is 9.53 Å². The van der Waals surface area contributed by atoms with Crippen LogP contribution >= 0.6 is 0 Å². The number of hydrogen-bond acceptors (Lipinski definition) is 2. The summed E-state index contributed by atoms with van der Waals surface area (Å²) < 4.78 is 5.06. The number of rotatable bonds is 4. The van der Waals surface area contributed by atoms with E-state index in [4.69, 9.17) is 4.74 Å². The molecule has 0 saturated heterocycles. The van der Waals surface area contributed by atoms with Crippen molar-refractivity contribution in [1.82, 2.24) is 0 Å². The first kappa shape index (κ1) is 10.5. The van der Waals surface area contributed by atoms with Crippen LogP contribution in [0, 0.1) is 5.92 Å². The fraction of sp³-hybridized carbons (Fsp3) is 0.889. The summed E-state index contributed by atoms with van der Waals surface area (Å²) in [4.78, 5) is 11.2. The molecule has 0 aliphatic rings. The molecular formula is C9H18O2. The maximum absolute atomic E-state index is 11.2. The SMILES string of the molecule is CCC(CC)C(=O)OC(C)C. The molecule has 0 aliphatic carbocycles. The van der Waals surface area contributed by atoms with Crippen LogP contribution < -0.4 is 0 Å². The summed E-state index contributed by atoms with van der Waals surface area (Å²) in [5, 5.41) is 0. The summed E-state index contributed by atoms with van der Waals surface area (Å²) in [5.74, 6) is 0.0439. The van der Waals surface area contributed by atoms with Gasteiger partial charge in [0.15, 0.2) is 0 Å². The van der Waals surface area contributed by atoms with E-state index >= 15 is 0 Å². The van der Waals surface area contributed by atoms with Crippen molar-refractivity contribution in [3.8, 4) is 0 Å². The Labute approximate surface area is 68.9 Å². The first-order valence-corrected chi connectivity index (χ1v) is 4.32. The molecule has 0 atom stereocenters. The van der Waals surface area contributed by atoms with Crippen molar-refractivity contribution in [2.75, 3.05) is 0 Å². The van der Waals surface area contributed by atoms with Gasteiger partial charge in [-0.3, -0.25) is 4.79 Å². The fourth-order valence-corrected chi connectivity index (χ4v) is 0.951. The van der Waals surface area contributed by atoms with Gasteiger partial charge in [-0.1, -0.05) is 13.8 Å². The predicted octanol–water partition coefficient (Wildman–Crippen LogP) is 2.37. The van der Waals surface area contributed by atoms with Gasteiger partial charge in [-0.25, -0.2) is 0 Å². The Bertz CT molecular complexity index is 115. The largest absolute Gasteiger partial charge is 0.463 e. The summed E-state index contributed by atoms with van der Waals surface area (Å²) in [7, 11) is 0. The van der Waals surface area contributed by atoms with Gasteiger partial charge in [0.05, 0.1) is 12.0 Å². The summed E-state index contributed by atoms with van der Waals surface area (Å²) in [6.07, 6.45) is 1.77. The molecule has 0 aromatic heterocycles. The lowest BCUT2D eigenvalue weighted by Crippen LogP contribution is -2.19. The zero-order valence-electron chi connectivity index (χ0n) is 7.89. The molecule has 2 nitrogen and oxygen atoms in total. The number of hydrogen-bond donors (Lipinski definition) is 0. The van der Waals surface area contributed by atoms with Crippen molar-refractivity contribution >= 4 is 5.97 Å². The van der Waals surface area contributed by atoms with Gasteiger partial charge in [-0.05, 0) is 26.7 Å². The molecule has 2 heteroatoms. The van der Waals surface area contributed by atoms with Crippen LogP contribution in [0.5, 0.6) is 0 Å². The lowest BCUT2D eigenvalue weighted by atomic mass is 10.0. The third-order valence-corrected chi connectivity index (χ3v) is 1.67.